The highest BCUT2D eigenvalue weighted by Gasteiger charge is 2.23. The minimum Gasteiger partial charge on any atom is -0.488 e. The van der Waals surface area contributed by atoms with Crippen molar-refractivity contribution in [2.75, 3.05) is 5.32 Å². The number of halogens is 2. The maximum Gasteiger partial charge on any atom is 0.256 e. The molecule has 134 valence electrons. The molecular formula is C22H15BrFNO2. The highest BCUT2D eigenvalue weighted by Crippen LogP contribution is 2.35. The van der Waals surface area contributed by atoms with E-state index >= 15 is 0 Å². The summed E-state index contributed by atoms with van der Waals surface area (Å²) in [5.74, 6) is 0.112. The minimum atomic E-state index is -0.307. The molecule has 0 bridgehead atoms. The van der Waals surface area contributed by atoms with Crippen molar-refractivity contribution in [1.82, 2.24) is 0 Å². The highest BCUT2D eigenvalue weighted by molar-refractivity contribution is 9.10. The van der Waals surface area contributed by atoms with Crippen molar-refractivity contribution in [1.29, 1.82) is 0 Å². The third kappa shape index (κ3) is 3.64. The van der Waals surface area contributed by atoms with Gasteiger partial charge in [0.05, 0.1) is 0 Å². The third-order valence-electron chi connectivity index (χ3n) is 4.32. The third-order valence-corrected chi connectivity index (χ3v) is 4.82. The number of para-hydroxylation sites is 1. The van der Waals surface area contributed by atoms with Crippen LogP contribution in [0.1, 0.15) is 16.7 Å². The smallest absolute Gasteiger partial charge is 0.256 e. The number of hydrogen-bond donors (Lipinski definition) is 1. The Labute approximate surface area is 164 Å². The molecule has 1 heterocycles. The van der Waals surface area contributed by atoms with E-state index in [1.54, 1.807) is 30.3 Å². The van der Waals surface area contributed by atoms with Crippen LogP contribution in [0.2, 0.25) is 0 Å². The number of carbonyl (C=O) groups excluding carboxylic acids is 1. The van der Waals surface area contributed by atoms with Crippen LogP contribution in [-0.4, -0.2) is 5.91 Å². The molecule has 0 saturated heterocycles. The second kappa shape index (κ2) is 7.37. The average molecular weight is 424 g/mol. The molecule has 0 aromatic heterocycles. The highest BCUT2D eigenvalue weighted by atomic mass is 79.9. The Morgan fingerprint density at radius 3 is 2.67 bits per heavy atom. The van der Waals surface area contributed by atoms with Crippen LogP contribution in [0.4, 0.5) is 10.1 Å². The van der Waals surface area contributed by atoms with Gasteiger partial charge in [0.1, 0.15) is 18.2 Å². The maximum absolute atomic E-state index is 13.8. The number of amides is 1. The SMILES string of the molecule is O=C1Nc2ccccc2/C1=C\c1cc(Br)ccc1OCc1ccccc1F. The quantitative estimate of drug-likeness (QED) is 0.549. The van der Waals surface area contributed by atoms with E-state index in [2.05, 4.69) is 21.2 Å². The molecule has 5 heteroatoms. The zero-order chi connectivity index (χ0) is 18.8. The maximum atomic E-state index is 13.8. The zero-order valence-electron chi connectivity index (χ0n) is 14.2. The molecule has 1 aliphatic rings. The fourth-order valence-corrected chi connectivity index (χ4v) is 3.35. The Bertz CT molecular complexity index is 1060. The van der Waals surface area contributed by atoms with Crippen molar-refractivity contribution in [3.63, 3.8) is 0 Å². The zero-order valence-corrected chi connectivity index (χ0v) is 15.8. The topological polar surface area (TPSA) is 38.3 Å². The van der Waals surface area contributed by atoms with Crippen molar-refractivity contribution in [3.8, 4) is 5.75 Å². The van der Waals surface area contributed by atoms with E-state index < -0.39 is 0 Å². The lowest BCUT2D eigenvalue weighted by Crippen LogP contribution is -2.04. The molecule has 3 aromatic rings. The summed E-state index contributed by atoms with van der Waals surface area (Å²) in [5.41, 5.74) is 3.42. The van der Waals surface area contributed by atoms with Crippen LogP contribution in [0.3, 0.4) is 0 Å². The summed E-state index contributed by atoms with van der Waals surface area (Å²) in [6.07, 6.45) is 1.79. The van der Waals surface area contributed by atoms with Crippen molar-refractivity contribution in [2.45, 2.75) is 6.61 Å². The van der Waals surface area contributed by atoms with Crippen LogP contribution in [0.15, 0.2) is 71.2 Å². The van der Waals surface area contributed by atoms with Crippen LogP contribution in [0.5, 0.6) is 5.75 Å². The molecule has 1 amide bonds. The summed E-state index contributed by atoms with van der Waals surface area (Å²) in [5, 5.41) is 2.86. The van der Waals surface area contributed by atoms with Gasteiger partial charge in [-0.05, 0) is 36.4 Å². The van der Waals surface area contributed by atoms with Gasteiger partial charge in [-0.25, -0.2) is 4.39 Å². The Balaban J connectivity index is 1.68. The average Bonchev–Trinajstić information content (AvgIpc) is 2.98. The number of rotatable bonds is 4. The molecule has 4 rings (SSSR count). The number of nitrogens with one attached hydrogen (secondary N) is 1. The second-order valence-corrected chi connectivity index (χ2v) is 7.04. The van der Waals surface area contributed by atoms with Crippen LogP contribution in [0.25, 0.3) is 11.6 Å². The predicted molar refractivity (Wildman–Crippen MR) is 108 cm³/mol. The van der Waals surface area contributed by atoms with E-state index in [0.717, 1.165) is 21.3 Å². The Morgan fingerprint density at radius 2 is 1.81 bits per heavy atom. The first-order valence-electron chi connectivity index (χ1n) is 8.40. The first-order valence-corrected chi connectivity index (χ1v) is 9.19. The number of benzene rings is 3. The van der Waals surface area contributed by atoms with Gasteiger partial charge in [-0.3, -0.25) is 4.79 Å². The molecule has 0 unspecified atom stereocenters. The Hall–Kier alpha value is -2.92. The summed E-state index contributed by atoms with van der Waals surface area (Å²) in [6, 6.07) is 19.6. The summed E-state index contributed by atoms with van der Waals surface area (Å²) in [4.78, 5) is 12.4. The lowest BCUT2D eigenvalue weighted by atomic mass is 10.0. The second-order valence-electron chi connectivity index (χ2n) is 6.12. The van der Waals surface area contributed by atoms with Crippen LogP contribution in [0, 0.1) is 5.82 Å². The van der Waals surface area contributed by atoms with E-state index in [-0.39, 0.29) is 18.3 Å². The molecule has 1 N–H and O–H groups in total. The number of anilines is 1. The normalized spacial score (nSPS) is 14.1. The van der Waals surface area contributed by atoms with E-state index in [9.17, 15) is 9.18 Å². The Morgan fingerprint density at radius 1 is 1.04 bits per heavy atom. The number of hydrogen-bond acceptors (Lipinski definition) is 2. The minimum absolute atomic E-state index is 0.104. The predicted octanol–water partition coefficient (Wildman–Crippen LogP) is 5.66. The van der Waals surface area contributed by atoms with Gasteiger partial charge in [-0.15, -0.1) is 0 Å². The van der Waals surface area contributed by atoms with Gasteiger partial charge in [-0.1, -0.05) is 52.3 Å². The molecule has 3 aromatic carbocycles. The van der Waals surface area contributed by atoms with E-state index in [0.29, 0.717) is 16.9 Å². The fourth-order valence-electron chi connectivity index (χ4n) is 2.97. The van der Waals surface area contributed by atoms with Crippen LogP contribution in [-0.2, 0) is 11.4 Å². The molecule has 0 atom stereocenters. The monoisotopic (exact) mass is 423 g/mol. The van der Waals surface area contributed by atoms with Crippen molar-refractivity contribution in [3.05, 3.63) is 93.7 Å². The molecule has 3 nitrogen and oxygen atoms in total. The molecule has 0 aliphatic carbocycles. The molecule has 27 heavy (non-hydrogen) atoms. The number of ether oxygens (including phenoxy) is 1. The summed E-state index contributed by atoms with van der Waals surface area (Å²) in [7, 11) is 0. The number of fused-ring (bicyclic) bond motifs is 1. The van der Waals surface area contributed by atoms with Crippen molar-refractivity contribution < 1.29 is 13.9 Å². The summed E-state index contributed by atoms with van der Waals surface area (Å²) < 4.78 is 20.6. The largest absolute Gasteiger partial charge is 0.488 e. The lowest BCUT2D eigenvalue weighted by Gasteiger charge is -2.11. The summed E-state index contributed by atoms with van der Waals surface area (Å²) >= 11 is 3.45. The Kier molecular flexibility index (Phi) is 4.77. The molecular weight excluding hydrogens is 409 g/mol. The van der Waals surface area contributed by atoms with E-state index in [1.165, 1.54) is 6.07 Å². The molecule has 1 aliphatic heterocycles. The van der Waals surface area contributed by atoms with Gasteiger partial charge >= 0.3 is 0 Å². The van der Waals surface area contributed by atoms with Crippen molar-refractivity contribution >= 4 is 39.2 Å². The van der Waals surface area contributed by atoms with E-state index in [4.69, 9.17) is 4.74 Å². The molecule has 0 fully saturated rings. The van der Waals surface area contributed by atoms with Crippen LogP contribution < -0.4 is 10.1 Å². The molecule has 0 saturated carbocycles. The standard InChI is InChI=1S/C22H15BrFNO2/c23-16-9-10-21(27-13-14-5-1-3-7-19(14)24)15(11-16)12-18-17-6-2-4-8-20(17)25-22(18)26/h1-12H,13H2,(H,25,26)/b18-12+. The van der Waals surface area contributed by atoms with Gasteiger partial charge in [0.2, 0.25) is 0 Å². The summed E-state index contributed by atoms with van der Waals surface area (Å²) in [6.45, 7) is 0.104. The fraction of sp³-hybridized carbons (Fsp3) is 0.0455. The lowest BCUT2D eigenvalue weighted by molar-refractivity contribution is -0.110. The van der Waals surface area contributed by atoms with Gasteiger partial charge in [0.25, 0.3) is 5.91 Å². The molecule has 0 radical (unpaired) electrons. The van der Waals surface area contributed by atoms with Gasteiger partial charge in [-0.2, -0.15) is 0 Å². The van der Waals surface area contributed by atoms with Crippen molar-refractivity contribution in [2.24, 2.45) is 0 Å². The first kappa shape index (κ1) is 17.5. The van der Waals surface area contributed by atoms with Gasteiger partial charge < -0.3 is 10.1 Å². The van der Waals surface area contributed by atoms with Crippen LogP contribution >= 0.6 is 15.9 Å². The first-order chi connectivity index (χ1) is 13.1. The number of carbonyl (C=O) groups is 1. The van der Waals surface area contributed by atoms with Gasteiger partial charge in [0, 0.05) is 32.4 Å². The molecule has 0 spiro atoms. The van der Waals surface area contributed by atoms with Gasteiger partial charge in [0.15, 0.2) is 0 Å². The van der Waals surface area contributed by atoms with E-state index in [1.807, 2.05) is 36.4 Å².